The van der Waals surface area contributed by atoms with Gasteiger partial charge in [-0.05, 0) is 30.7 Å². The molecule has 2 aromatic rings. The molecule has 0 bridgehead atoms. The van der Waals surface area contributed by atoms with E-state index in [1.165, 1.54) is 6.07 Å². The fourth-order valence-electron chi connectivity index (χ4n) is 1.41. The Morgan fingerprint density at radius 3 is 2.50 bits per heavy atom. The Balaban J connectivity index is 0.000000606. The van der Waals surface area contributed by atoms with Gasteiger partial charge in [0.25, 0.3) is 0 Å². The van der Waals surface area contributed by atoms with Crippen LogP contribution in [0.2, 0.25) is 0 Å². The first-order valence-electron chi connectivity index (χ1n) is 5.16. The van der Waals surface area contributed by atoms with Crippen molar-refractivity contribution in [1.29, 1.82) is 0 Å². The van der Waals surface area contributed by atoms with Crippen LogP contribution in [0.5, 0.6) is 0 Å². The topological polar surface area (TPSA) is 62.5 Å². The molecule has 0 amide bonds. The van der Waals surface area contributed by atoms with Crippen molar-refractivity contribution in [1.82, 2.24) is 0 Å². The zero-order chi connectivity index (χ0) is 12.1. The first-order valence-corrected chi connectivity index (χ1v) is 5.16. The molecule has 86 valence electrons. The Labute approximate surface area is 93.5 Å². The highest BCUT2D eigenvalue weighted by atomic mass is 16.5. The highest BCUT2D eigenvalue weighted by molar-refractivity contribution is 5.85. The summed E-state index contributed by atoms with van der Waals surface area (Å²) in [5.74, 6) is 0. The van der Waals surface area contributed by atoms with Crippen LogP contribution in [0.3, 0.4) is 0 Å². The zero-order valence-corrected chi connectivity index (χ0v) is 9.57. The van der Waals surface area contributed by atoms with E-state index in [0.717, 1.165) is 10.9 Å². The normalized spacial score (nSPS) is 9.50. The van der Waals surface area contributed by atoms with Crippen molar-refractivity contribution in [3.63, 3.8) is 0 Å². The number of nitrogens with one attached hydrogen (secondary N) is 1. The maximum absolute atomic E-state index is 10.9. The summed E-state index contributed by atoms with van der Waals surface area (Å²) in [6.45, 7) is 5.83. The predicted molar refractivity (Wildman–Crippen MR) is 64.0 cm³/mol. The fraction of sp³-hybridized carbons (Fsp3) is 0.250. The minimum Gasteiger partial charge on any atom is -0.423 e. The number of hydrogen-bond donors (Lipinski definition) is 2. The van der Waals surface area contributed by atoms with E-state index in [-0.39, 0.29) is 5.63 Å². The van der Waals surface area contributed by atoms with E-state index in [1.807, 2.05) is 20.8 Å². The Morgan fingerprint density at radius 2 is 1.88 bits per heavy atom. The van der Waals surface area contributed by atoms with Gasteiger partial charge in [0.1, 0.15) is 5.58 Å². The molecular formula is C12H15NO3. The van der Waals surface area contributed by atoms with E-state index in [9.17, 15) is 4.79 Å². The van der Waals surface area contributed by atoms with Crippen LogP contribution >= 0.6 is 0 Å². The second kappa shape index (κ2) is 5.32. The van der Waals surface area contributed by atoms with E-state index >= 15 is 0 Å². The molecular weight excluding hydrogens is 206 g/mol. The summed E-state index contributed by atoms with van der Waals surface area (Å²) in [7, 11) is 0. The standard InChI is InChI=1S/C10H9NO3.C2H6/c1-6-7-2-5-10(12)14-9(7)4-3-8(6)11-13;1-2/h2-5,11,13H,1H3;1-2H3. The monoisotopic (exact) mass is 221 g/mol. The van der Waals surface area contributed by atoms with Crippen LogP contribution in [0.4, 0.5) is 5.69 Å². The lowest BCUT2D eigenvalue weighted by Gasteiger charge is -2.05. The Kier molecular flexibility index (Phi) is 4.08. The number of anilines is 1. The van der Waals surface area contributed by atoms with Crippen molar-refractivity contribution in [2.45, 2.75) is 20.8 Å². The third-order valence-corrected chi connectivity index (χ3v) is 2.19. The number of aryl methyl sites for hydroxylation is 1. The highest BCUT2D eigenvalue weighted by Crippen LogP contribution is 2.23. The maximum Gasteiger partial charge on any atom is 0.336 e. The molecule has 2 rings (SSSR count). The molecule has 0 unspecified atom stereocenters. The van der Waals surface area contributed by atoms with Gasteiger partial charge in [-0.2, -0.15) is 0 Å². The van der Waals surface area contributed by atoms with Crippen LogP contribution in [0, 0.1) is 6.92 Å². The first kappa shape index (κ1) is 12.3. The molecule has 0 aliphatic rings. The predicted octanol–water partition coefficient (Wildman–Crippen LogP) is 2.93. The molecule has 0 aliphatic carbocycles. The van der Waals surface area contributed by atoms with Crippen molar-refractivity contribution in [2.24, 2.45) is 0 Å². The van der Waals surface area contributed by atoms with Crippen molar-refractivity contribution in [3.05, 3.63) is 40.2 Å². The smallest absolute Gasteiger partial charge is 0.336 e. The van der Waals surface area contributed by atoms with Gasteiger partial charge in [0.05, 0.1) is 5.69 Å². The van der Waals surface area contributed by atoms with Crippen molar-refractivity contribution in [3.8, 4) is 0 Å². The Bertz CT molecular complexity index is 531. The first-order chi connectivity index (χ1) is 7.72. The number of fused-ring (bicyclic) bond motifs is 1. The molecule has 0 radical (unpaired) electrons. The third-order valence-electron chi connectivity index (χ3n) is 2.19. The minimum atomic E-state index is -0.374. The van der Waals surface area contributed by atoms with E-state index in [4.69, 9.17) is 9.62 Å². The molecule has 4 heteroatoms. The van der Waals surface area contributed by atoms with Gasteiger partial charge in [0, 0.05) is 11.5 Å². The lowest BCUT2D eigenvalue weighted by molar-refractivity contribution is 0.388. The highest BCUT2D eigenvalue weighted by Gasteiger charge is 2.04. The Hall–Kier alpha value is -1.81. The second-order valence-corrected chi connectivity index (χ2v) is 3.02. The number of hydrogen-bond acceptors (Lipinski definition) is 4. The average molecular weight is 221 g/mol. The van der Waals surface area contributed by atoms with Crippen LogP contribution in [0.1, 0.15) is 19.4 Å². The van der Waals surface area contributed by atoms with Crippen molar-refractivity contribution in [2.75, 3.05) is 5.48 Å². The molecule has 2 N–H and O–H groups in total. The van der Waals surface area contributed by atoms with Gasteiger partial charge in [0.15, 0.2) is 0 Å². The van der Waals surface area contributed by atoms with Crippen LogP contribution in [-0.4, -0.2) is 5.21 Å². The zero-order valence-electron chi connectivity index (χ0n) is 9.57. The van der Waals surface area contributed by atoms with E-state index in [0.29, 0.717) is 11.3 Å². The molecule has 1 heterocycles. The van der Waals surface area contributed by atoms with Gasteiger partial charge in [-0.15, -0.1) is 0 Å². The van der Waals surface area contributed by atoms with Gasteiger partial charge < -0.3 is 4.42 Å². The summed E-state index contributed by atoms with van der Waals surface area (Å²) >= 11 is 0. The Morgan fingerprint density at radius 1 is 1.19 bits per heavy atom. The summed E-state index contributed by atoms with van der Waals surface area (Å²) in [6, 6.07) is 6.33. The SMILES string of the molecule is CC.Cc1c(NO)ccc2oc(=O)ccc12. The molecule has 16 heavy (non-hydrogen) atoms. The minimum absolute atomic E-state index is 0.374. The van der Waals surface area contributed by atoms with Crippen molar-refractivity contribution < 1.29 is 9.62 Å². The maximum atomic E-state index is 10.9. The lowest BCUT2D eigenvalue weighted by Crippen LogP contribution is -1.97. The van der Waals surface area contributed by atoms with Crippen molar-refractivity contribution >= 4 is 16.7 Å². The number of benzene rings is 1. The molecule has 4 nitrogen and oxygen atoms in total. The molecule has 0 spiro atoms. The molecule has 1 aromatic heterocycles. The molecule has 0 saturated carbocycles. The molecule has 1 aromatic carbocycles. The lowest BCUT2D eigenvalue weighted by atomic mass is 10.1. The summed E-state index contributed by atoms with van der Waals surface area (Å²) in [5.41, 5.74) is 3.68. The molecule has 0 aliphatic heterocycles. The average Bonchev–Trinajstić information content (AvgIpc) is 2.32. The van der Waals surface area contributed by atoms with Gasteiger partial charge in [0.2, 0.25) is 0 Å². The molecule has 0 fully saturated rings. The van der Waals surface area contributed by atoms with Gasteiger partial charge in [-0.1, -0.05) is 13.8 Å². The van der Waals surface area contributed by atoms with Crippen LogP contribution < -0.4 is 11.1 Å². The van der Waals surface area contributed by atoms with Crippen LogP contribution in [0.15, 0.2) is 33.5 Å². The fourth-order valence-corrected chi connectivity index (χ4v) is 1.41. The van der Waals surface area contributed by atoms with Gasteiger partial charge in [-0.25, -0.2) is 4.79 Å². The van der Waals surface area contributed by atoms with Crippen LogP contribution in [0.25, 0.3) is 11.0 Å². The van der Waals surface area contributed by atoms with E-state index < -0.39 is 0 Å². The largest absolute Gasteiger partial charge is 0.423 e. The summed E-state index contributed by atoms with van der Waals surface area (Å²) < 4.78 is 4.98. The molecule has 0 saturated heterocycles. The summed E-state index contributed by atoms with van der Waals surface area (Å²) in [4.78, 5) is 10.9. The van der Waals surface area contributed by atoms with Gasteiger partial charge in [-0.3, -0.25) is 10.7 Å². The quantitative estimate of drug-likeness (QED) is 0.574. The van der Waals surface area contributed by atoms with Crippen LogP contribution in [-0.2, 0) is 0 Å². The summed E-state index contributed by atoms with van der Waals surface area (Å²) in [5, 5.41) is 9.60. The number of rotatable bonds is 1. The summed E-state index contributed by atoms with van der Waals surface area (Å²) in [6.07, 6.45) is 0. The second-order valence-electron chi connectivity index (χ2n) is 3.02. The van der Waals surface area contributed by atoms with E-state index in [1.54, 1.807) is 18.2 Å². The molecule has 0 atom stereocenters. The van der Waals surface area contributed by atoms with E-state index in [2.05, 4.69) is 5.48 Å². The van der Waals surface area contributed by atoms with Gasteiger partial charge >= 0.3 is 5.63 Å². The third kappa shape index (κ3) is 2.23.